The second-order valence-electron chi connectivity index (χ2n) is 7.61. The Kier molecular flexibility index (Phi) is 4.88. The Hall–Kier alpha value is -2.94. The monoisotopic (exact) mass is 389 g/mol. The van der Waals surface area contributed by atoms with Crippen molar-refractivity contribution in [1.29, 1.82) is 0 Å². The maximum atomic E-state index is 12.7. The second kappa shape index (κ2) is 6.90. The van der Waals surface area contributed by atoms with Crippen molar-refractivity contribution in [2.45, 2.75) is 45.3 Å². The maximum absolute atomic E-state index is 12.7. The van der Waals surface area contributed by atoms with Crippen molar-refractivity contribution in [2.75, 3.05) is 6.61 Å². The zero-order valence-electron chi connectivity index (χ0n) is 15.9. The van der Waals surface area contributed by atoms with Gasteiger partial charge < -0.3 is 20.1 Å². The molecule has 1 fully saturated rings. The van der Waals surface area contributed by atoms with Crippen LogP contribution in [0, 0.1) is 15.5 Å². The lowest BCUT2D eigenvalue weighted by Gasteiger charge is -2.58. The number of aromatic nitrogens is 1. The Morgan fingerprint density at radius 3 is 2.71 bits per heavy atom. The van der Waals surface area contributed by atoms with Crippen molar-refractivity contribution in [1.82, 2.24) is 10.3 Å². The van der Waals surface area contributed by atoms with E-state index in [1.54, 1.807) is 26.1 Å². The van der Waals surface area contributed by atoms with Gasteiger partial charge in [0, 0.05) is 47.7 Å². The van der Waals surface area contributed by atoms with Gasteiger partial charge in [-0.3, -0.25) is 14.9 Å². The highest BCUT2D eigenvalue weighted by Crippen LogP contribution is 2.51. The Bertz CT molecular complexity index is 950. The summed E-state index contributed by atoms with van der Waals surface area (Å²) in [6.45, 7) is 5.83. The molecule has 0 bridgehead atoms. The van der Waals surface area contributed by atoms with E-state index in [1.165, 1.54) is 12.1 Å². The molecule has 9 heteroatoms. The van der Waals surface area contributed by atoms with E-state index in [-0.39, 0.29) is 24.6 Å². The third kappa shape index (κ3) is 3.01. The minimum Gasteiger partial charge on any atom is -0.479 e. The first kappa shape index (κ1) is 19.8. The third-order valence-electron chi connectivity index (χ3n) is 5.80. The molecule has 9 nitrogen and oxygen atoms in total. The molecule has 3 N–H and O–H groups in total. The van der Waals surface area contributed by atoms with E-state index in [2.05, 4.69) is 10.3 Å². The molecule has 0 radical (unpaired) electrons. The van der Waals surface area contributed by atoms with Gasteiger partial charge in [0.05, 0.1) is 17.4 Å². The summed E-state index contributed by atoms with van der Waals surface area (Å²) in [6.07, 6.45) is 1.44. The largest absolute Gasteiger partial charge is 0.479 e. The summed E-state index contributed by atoms with van der Waals surface area (Å²) in [5, 5.41) is 24.0. The van der Waals surface area contributed by atoms with Gasteiger partial charge in [0.2, 0.25) is 5.91 Å². The molecule has 1 aliphatic rings. The van der Waals surface area contributed by atoms with Gasteiger partial charge in [-0.1, -0.05) is 13.8 Å². The molecule has 1 amide bonds. The summed E-state index contributed by atoms with van der Waals surface area (Å²) < 4.78 is 5.60. The molecule has 1 aromatic carbocycles. The van der Waals surface area contributed by atoms with Crippen molar-refractivity contribution in [3.63, 3.8) is 0 Å². The van der Waals surface area contributed by atoms with Crippen LogP contribution < -0.4 is 5.32 Å². The van der Waals surface area contributed by atoms with Crippen LogP contribution in [-0.2, 0) is 20.7 Å². The number of non-ortho nitro benzene ring substituents is 1. The third-order valence-corrected chi connectivity index (χ3v) is 5.80. The van der Waals surface area contributed by atoms with Gasteiger partial charge in [-0.05, 0) is 18.6 Å². The number of nitrogens with zero attached hydrogens (tertiary/aromatic N) is 1. The van der Waals surface area contributed by atoms with Crippen LogP contribution in [0.1, 0.15) is 32.8 Å². The van der Waals surface area contributed by atoms with Crippen LogP contribution in [0.5, 0.6) is 0 Å². The number of nitro groups is 1. The highest BCUT2D eigenvalue weighted by molar-refractivity contribution is 5.93. The predicted molar refractivity (Wildman–Crippen MR) is 101 cm³/mol. The van der Waals surface area contributed by atoms with Gasteiger partial charge in [-0.2, -0.15) is 0 Å². The number of nitrogens with one attached hydrogen (secondary N) is 2. The predicted octanol–water partition coefficient (Wildman–Crippen LogP) is 2.39. The zero-order valence-corrected chi connectivity index (χ0v) is 15.9. The molecule has 0 spiro atoms. The highest BCUT2D eigenvalue weighted by atomic mass is 16.6. The lowest BCUT2D eigenvalue weighted by Crippen LogP contribution is -2.76. The topological polar surface area (TPSA) is 135 Å². The molecule has 0 saturated heterocycles. The number of carbonyl (C=O) groups excluding carboxylic acids is 1. The Balaban J connectivity index is 1.82. The number of fused-ring (bicyclic) bond motifs is 1. The van der Waals surface area contributed by atoms with E-state index in [1.807, 2.05) is 6.92 Å². The van der Waals surface area contributed by atoms with E-state index in [9.17, 15) is 24.8 Å². The summed E-state index contributed by atoms with van der Waals surface area (Å²) in [7, 11) is 0. The highest BCUT2D eigenvalue weighted by Gasteiger charge is 2.66. The lowest BCUT2D eigenvalue weighted by atomic mass is 9.54. The van der Waals surface area contributed by atoms with Crippen molar-refractivity contribution in [2.24, 2.45) is 5.41 Å². The van der Waals surface area contributed by atoms with Crippen LogP contribution in [0.3, 0.4) is 0 Å². The van der Waals surface area contributed by atoms with Gasteiger partial charge in [-0.15, -0.1) is 0 Å². The van der Waals surface area contributed by atoms with E-state index >= 15 is 0 Å². The van der Waals surface area contributed by atoms with Crippen LogP contribution in [0.25, 0.3) is 10.9 Å². The molecule has 3 rings (SSSR count). The maximum Gasteiger partial charge on any atom is 0.330 e. The number of amides is 1. The summed E-state index contributed by atoms with van der Waals surface area (Å²) in [5.74, 6) is -1.56. The summed E-state index contributed by atoms with van der Waals surface area (Å²) in [4.78, 5) is 38.1. The molecule has 150 valence electrons. The number of H-pyrrole nitrogens is 1. The minimum atomic E-state index is -1.41. The number of carboxylic acids is 1. The second-order valence-corrected chi connectivity index (χ2v) is 7.61. The number of carboxylic acid groups (broad SMARTS) is 1. The van der Waals surface area contributed by atoms with Crippen molar-refractivity contribution < 1.29 is 24.4 Å². The van der Waals surface area contributed by atoms with Crippen molar-refractivity contribution >= 4 is 28.5 Å². The van der Waals surface area contributed by atoms with Crippen LogP contribution in [-0.4, -0.2) is 45.1 Å². The summed E-state index contributed by atoms with van der Waals surface area (Å²) in [5.41, 5.74) is -1.03. The number of aliphatic carboxylic acids is 1. The molecular weight excluding hydrogens is 366 g/mol. The molecule has 0 aliphatic heterocycles. The van der Waals surface area contributed by atoms with E-state index in [0.717, 1.165) is 0 Å². The fourth-order valence-electron chi connectivity index (χ4n) is 3.92. The Morgan fingerprint density at radius 1 is 1.43 bits per heavy atom. The molecule has 2 aromatic rings. The lowest BCUT2D eigenvalue weighted by molar-refractivity contribution is -0.384. The van der Waals surface area contributed by atoms with Crippen LogP contribution >= 0.6 is 0 Å². The normalized spacial score (nSPS) is 23.2. The fraction of sp³-hybridized carbons (Fsp3) is 0.474. The number of hydrogen-bond donors (Lipinski definition) is 3. The SMILES string of the molecule is CCOC1CC(NC(=O)Cc2c[nH]c3ccc([N+](=O)[O-])cc23)(C(=O)O)C1(C)C. The number of aromatic amines is 1. The summed E-state index contributed by atoms with van der Waals surface area (Å²) >= 11 is 0. The number of nitro benzene ring substituents is 1. The average molecular weight is 389 g/mol. The quantitative estimate of drug-likeness (QED) is 0.492. The van der Waals surface area contributed by atoms with Crippen LogP contribution in [0.4, 0.5) is 5.69 Å². The molecule has 1 aromatic heterocycles. The van der Waals surface area contributed by atoms with Crippen LogP contribution in [0.15, 0.2) is 24.4 Å². The van der Waals surface area contributed by atoms with Gasteiger partial charge in [0.1, 0.15) is 5.54 Å². The van der Waals surface area contributed by atoms with E-state index < -0.39 is 27.8 Å². The Morgan fingerprint density at radius 2 is 2.14 bits per heavy atom. The molecule has 1 saturated carbocycles. The van der Waals surface area contributed by atoms with Gasteiger partial charge in [0.15, 0.2) is 0 Å². The first-order valence-electron chi connectivity index (χ1n) is 9.03. The Labute approximate surface area is 161 Å². The molecule has 1 aliphatic carbocycles. The first-order chi connectivity index (χ1) is 13.1. The molecule has 1 heterocycles. The molecular formula is C19H23N3O6. The molecule has 2 unspecified atom stereocenters. The number of carbonyl (C=O) groups is 2. The van der Waals surface area contributed by atoms with Crippen molar-refractivity contribution in [3.05, 3.63) is 40.1 Å². The number of rotatable bonds is 7. The number of hydrogen-bond acceptors (Lipinski definition) is 5. The van der Waals surface area contributed by atoms with Crippen LogP contribution in [0.2, 0.25) is 0 Å². The fourth-order valence-corrected chi connectivity index (χ4v) is 3.92. The van der Waals surface area contributed by atoms with E-state index in [0.29, 0.717) is 23.1 Å². The average Bonchev–Trinajstić information content (AvgIpc) is 3.02. The van der Waals surface area contributed by atoms with Gasteiger partial charge in [0.25, 0.3) is 5.69 Å². The van der Waals surface area contributed by atoms with Crippen molar-refractivity contribution in [3.8, 4) is 0 Å². The van der Waals surface area contributed by atoms with E-state index in [4.69, 9.17) is 4.74 Å². The molecule has 28 heavy (non-hydrogen) atoms. The zero-order chi connectivity index (χ0) is 20.7. The molecule has 2 atom stereocenters. The summed E-state index contributed by atoms with van der Waals surface area (Å²) in [6, 6.07) is 4.36. The number of ether oxygens (including phenoxy) is 1. The van der Waals surface area contributed by atoms with Gasteiger partial charge >= 0.3 is 5.97 Å². The minimum absolute atomic E-state index is 0.0737. The smallest absolute Gasteiger partial charge is 0.330 e. The van der Waals surface area contributed by atoms with Gasteiger partial charge in [-0.25, -0.2) is 4.79 Å². The first-order valence-corrected chi connectivity index (χ1v) is 9.03. The number of benzene rings is 1. The standard InChI is InChI=1S/C19H23N3O6/c1-4-28-15-9-19(17(24)25,18(15,2)3)21-16(23)7-11-10-20-14-6-5-12(22(26)27)8-13(11)14/h5-6,8,10,15,20H,4,7,9H2,1-3H3,(H,21,23)(H,24,25).